The van der Waals surface area contributed by atoms with Crippen LogP contribution in [0.2, 0.25) is 0 Å². The predicted octanol–water partition coefficient (Wildman–Crippen LogP) is 1.12. The van der Waals surface area contributed by atoms with Crippen molar-refractivity contribution in [2.75, 3.05) is 0 Å². The molecular weight excluding hydrogens is 320 g/mol. The van der Waals surface area contributed by atoms with Crippen molar-refractivity contribution in [3.05, 3.63) is 0 Å². The van der Waals surface area contributed by atoms with Gasteiger partial charge < -0.3 is 20.4 Å². The third-order valence-corrected chi connectivity index (χ3v) is 8.95. The third kappa shape index (κ3) is 1.81. The fourth-order valence-corrected chi connectivity index (χ4v) is 7.75. The van der Waals surface area contributed by atoms with Crippen LogP contribution in [0.4, 0.5) is 0 Å². The minimum atomic E-state index is -1.33. The maximum absolute atomic E-state index is 13.3. The predicted molar refractivity (Wildman–Crippen MR) is 91.5 cm³/mol. The summed E-state index contributed by atoms with van der Waals surface area (Å²) in [5.74, 6) is -1.39. The number of hydrogen-bond acceptors (Lipinski definition) is 5. The van der Waals surface area contributed by atoms with E-state index in [9.17, 15) is 25.2 Å². The highest BCUT2D eigenvalue weighted by atomic mass is 16.3. The van der Waals surface area contributed by atoms with Gasteiger partial charge in [0.15, 0.2) is 0 Å². The van der Waals surface area contributed by atoms with Crippen LogP contribution in [0.1, 0.15) is 53.4 Å². The summed E-state index contributed by atoms with van der Waals surface area (Å²) < 4.78 is 0. The molecule has 5 nitrogen and oxygen atoms in total. The first-order chi connectivity index (χ1) is 11.5. The van der Waals surface area contributed by atoms with Gasteiger partial charge >= 0.3 is 0 Å². The molecule has 0 saturated heterocycles. The molecule has 0 unspecified atom stereocenters. The fourth-order valence-electron chi connectivity index (χ4n) is 7.75. The number of aliphatic hydroxyl groups is 4. The van der Waals surface area contributed by atoms with E-state index in [-0.39, 0.29) is 29.0 Å². The number of rotatable bonds is 0. The average Bonchev–Trinajstić information content (AvgIpc) is 2.65. The van der Waals surface area contributed by atoms with E-state index in [2.05, 4.69) is 13.8 Å². The number of carbonyl (C=O) groups is 1. The van der Waals surface area contributed by atoms with Crippen molar-refractivity contribution in [3.63, 3.8) is 0 Å². The molecule has 0 aromatic rings. The Labute approximate surface area is 149 Å². The molecule has 4 saturated carbocycles. The Morgan fingerprint density at radius 2 is 1.64 bits per heavy atom. The van der Waals surface area contributed by atoms with Crippen molar-refractivity contribution < 1.29 is 25.2 Å². The number of carbonyl (C=O) groups excluding carboxylic acids is 1. The molecule has 4 aliphatic rings. The molecule has 0 radical (unpaired) electrons. The van der Waals surface area contributed by atoms with Gasteiger partial charge in [0.05, 0.1) is 29.8 Å². The molecule has 4 fully saturated rings. The minimum Gasteiger partial charge on any atom is -0.393 e. The van der Waals surface area contributed by atoms with Gasteiger partial charge in [-0.05, 0) is 42.9 Å². The van der Waals surface area contributed by atoms with Gasteiger partial charge in [-0.15, -0.1) is 0 Å². The molecule has 0 aromatic carbocycles. The van der Waals surface area contributed by atoms with Crippen molar-refractivity contribution in [3.8, 4) is 0 Å². The Bertz CT molecular complexity index is 603. The molecule has 0 heterocycles. The van der Waals surface area contributed by atoms with E-state index in [0.29, 0.717) is 19.3 Å². The summed E-state index contributed by atoms with van der Waals surface area (Å²) >= 11 is 0. The molecule has 2 bridgehead atoms. The Morgan fingerprint density at radius 3 is 2.28 bits per heavy atom. The molecule has 0 aromatic heterocycles. The van der Waals surface area contributed by atoms with E-state index in [1.54, 1.807) is 0 Å². The van der Waals surface area contributed by atoms with Gasteiger partial charge in [-0.25, -0.2) is 0 Å². The third-order valence-electron chi connectivity index (χ3n) is 8.95. The van der Waals surface area contributed by atoms with E-state index in [0.717, 1.165) is 6.42 Å². The maximum atomic E-state index is 13.3. The molecule has 142 valence electrons. The van der Waals surface area contributed by atoms with Crippen LogP contribution in [0.15, 0.2) is 0 Å². The highest BCUT2D eigenvalue weighted by Crippen LogP contribution is 2.71. The van der Waals surface area contributed by atoms with Gasteiger partial charge in [0.1, 0.15) is 5.78 Å². The highest BCUT2D eigenvalue weighted by Gasteiger charge is 2.77. The molecule has 10 atom stereocenters. The molecule has 5 heteroatoms. The number of aliphatic hydroxyl groups excluding tert-OH is 4. The van der Waals surface area contributed by atoms with Gasteiger partial charge in [-0.2, -0.15) is 0 Å². The van der Waals surface area contributed by atoms with Crippen LogP contribution in [0.3, 0.4) is 0 Å². The first-order valence-electron chi connectivity index (χ1n) is 9.77. The van der Waals surface area contributed by atoms with E-state index >= 15 is 0 Å². The zero-order valence-corrected chi connectivity index (χ0v) is 15.6. The lowest BCUT2D eigenvalue weighted by atomic mass is 9.38. The van der Waals surface area contributed by atoms with E-state index < -0.39 is 41.2 Å². The van der Waals surface area contributed by atoms with Gasteiger partial charge in [-0.3, -0.25) is 4.79 Å². The molecule has 25 heavy (non-hydrogen) atoms. The average molecular weight is 352 g/mol. The molecule has 0 aliphatic heterocycles. The summed E-state index contributed by atoms with van der Waals surface area (Å²) in [5.41, 5.74) is -2.11. The maximum Gasteiger partial charge on any atom is 0.147 e. The van der Waals surface area contributed by atoms with Crippen LogP contribution in [0.25, 0.3) is 0 Å². The lowest BCUT2D eigenvalue weighted by Crippen LogP contribution is -2.72. The topological polar surface area (TPSA) is 98.0 Å². The van der Waals surface area contributed by atoms with Crippen LogP contribution in [0, 0.1) is 39.9 Å². The monoisotopic (exact) mass is 352 g/mol. The number of ketones is 1. The zero-order valence-electron chi connectivity index (χ0n) is 15.6. The lowest BCUT2D eigenvalue weighted by Gasteiger charge is -2.67. The number of Topliss-reactive ketones (excluding diaryl/α,β-unsaturated/α-hetero) is 1. The smallest absolute Gasteiger partial charge is 0.147 e. The second-order valence-corrected chi connectivity index (χ2v) is 10.2. The second-order valence-electron chi connectivity index (χ2n) is 10.2. The Hall–Kier alpha value is -0.490. The van der Waals surface area contributed by atoms with Crippen LogP contribution < -0.4 is 0 Å². The summed E-state index contributed by atoms with van der Waals surface area (Å²) in [6.45, 7) is 8.09. The molecular formula is C20H32O5. The minimum absolute atomic E-state index is 0.00326. The fraction of sp³-hybridized carbons (Fsp3) is 0.950. The molecule has 0 amide bonds. The number of hydrogen-bond donors (Lipinski definition) is 4. The van der Waals surface area contributed by atoms with Crippen molar-refractivity contribution in [2.24, 2.45) is 39.9 Å². The molecule has 4 N–H and O–H groups in total. The molecule has 4 aliphatic carbocycles. The summed E-state index contributed by atoms with van der Waals surface area (Å²) in [7, 11) is 0. The highest BCUT2D eigenvalue weighted by molar-refractivity contribution is 5.92. The zero-order chi connectivity index (χ0) is 18.5. The van der Waals surface area contributed by atoms with E-state index in [1.165, 1.54) is 0 Å². The van der Waals surface area contributed by atoms with E-state index in [4.69, 9.17) is 0 Å². The number of fused-ring (bicyclic) bond motifs is 3. The first-order valence-corrected chi connectivity index (χ1v) is 9.77. The summed E-state index contributed by atoms with van der Waals surface area (Å²) in [6.07, 6.45) is -1.09. The van der Waals surface area contributed by atoms with Gasteiger partial charge in [0.25, 0.3) is 0 Å². The second kappa shape index (κ2) is 5.06. The Kier molecular flexibility index (Phi) is 3.62. The summed E-state index contributed by atoms with van der Waals surface area (Å²) in [4.78, 5) is 13.3. The van der Waals surface area contributed by atoms with E-state index in [1.807, 2.05) is 13.8 Å². The summed E-state index contributed by atoms with van der Waals surface area (Å²) in [6, 6.07) is 0. The normalized spacial score (nSPS) is 60.1. The standard InChI is InChI=1S/C20H32O5/c1-9-10-7-11(21)15-19(4)12(18(2,3)6-5-13(19)22)8-14(23)20(15,16(9)24)17(10)25/h9-15,17,21-23,25H,5-8H2,1-4H3/t9-,10+,11-,12-,13+,14+,15+,17+,19-,20-/m0/s1. The van der Waals surface area contributed by atoms with Gasteiger partial charge in [0, 0.05) is 17.3 Å². The Morgan fingerprint density at radius 1 is 1.00 bits per heavy atom. The summed E-state index contributed by atoms with van der Waals surface area (Å²) in [5, 5.41) is 44.3. The first kappa shape index (κ1) is 17.9. The van der Waals surface area contributed by atoms with Crippen molar-refractivity contribution in [2.45, 2.75) is 77.8 Å². The lowest BCUT2D eigenvalue weighted by molar-refractivity contribution is -0.274. The molecule has 4 rings (SSSR count). The van der Waals surface area contributed by atoms with Crippen molar-refractivity contribution >= 4 is 5.78 Å². The van der Waals surface area contributed by atoms with Crippen LogP contribution in [-0.4, -0.2) is 50.6 Å². The molecule has 1 spiro atoms. The van der Waals surface area contributed by atoms with Crippen molar-refractivity contribution in [1.29, 1.82) is 0 Å². The quantitative estimate of drug-likeness (QED) is 0.524. The van der Waals surface area contributed by atoms with Crippen LogP contribution >= 0.6 is 0 Å². The van der Waals surface area contributed by atoms with Crippen LogP contribution in [-0.2, 0) is 4.79 Å². The SMILES string of the molecule is C[C@@H]1C(=O)[C@]23[C@H](O)C[C@H]4C(C)(C)CC[C@@H](O)[C@@]4(C)[C@H]2[C@@H](O)C[C@H]1[C@H]3O. The van der Waals surface area contributed by atoms with Gasteiger partial charge in [-0.1, -0.05) is 27.7 Å². The largest absolute Gasteiger partial charge is 0.393 e. The van der Waals surface area contributed by atoms with Crippen LogP contribution in [0.5, 0.6) is 0 Å². The Balaban J connectivity index is 1.94. The van der Waals surface area contributed by atoms with Crippen molar-refractivity contribution in [1.82, 2.24) is 0 Å². The van der Waals surface area contributed by atoms with Gasteiger partial charge in [0.2, 0.25) is 0 Å².